The first-order valence-electron chi connectivity index (χ1n) is 5.32. The van der Waals surface area contributed by atoms with Crippen LogP contribution in [-0.2, 0) is 10.2 Å². The van der Waals surface area contributed by atoms with Gasteiger partial charge in [0.25, 0.3) is 10.2 Å². The zero-order valence-electron chi connectivity index (χ0n) is 10.3. The monoisotopic (exact) mass is 271 g/mol. The molecule has 1 N–H and O–H groups in total. The van der Waals surface area contributed by atoms with Crippen molar-refractivity contribution >= 4 is 22.6 Å². The van der Waals surface area contributed by atoms with Crippen molar-refractivity contribution in [3.05, 3.63) is 0 Å². The van der Waals surface area contributed by atoms with E-state index in [1.54, 1.807) is 11.4 Å². The highest BCUT2D eigenvalue weighted by Gasteiger charge is 2.31. The van der Waals surface area contributed by atoms with E-state index in [0.717, 1.165) is 6.54 Å². The summed E-state index contributed by atoms with van der Waals surface area (Å²) < 4.78 is 27.2. The average molecular weight is 272 g/mol. The minimum Gasteiger partial charge on any atom is -0.312 e. The van der Waals surface area contributed by atoms with Crippen LogP contribution in [0.2, 0.25) is 0 Å². The molecule has 0 spiro atoms. The Morgan fingerprint density at radius 1 is 1.44 bits per heavy atom. The maximum absolute atomic E-state index is 12.1. The summed E-state index contributed by atoms with van der Waals surface area (Å²) in [5.41, 5.74) is 0. The summed E-state index contributed by atoms with van der Waals surface area (Å²) in [6.07, 6.45) is 0. The maximum Gasteiger partial charge on any atom is 0.282 e. The number of hydrogen-bond acceptors (Lipinski definition) is 3. The Morgan fingerprint density at radius 3 is 2.44 bits per heavy atom. The molecule has 0 aromatic carbocycles. The predicted molar refractivity (Wildman–Crippen MR) is 68.1 cm³/mol. The molecule has 1 aliphatic heterocycles. The van der Waals surface area contributed by atoms with Gasteiger partial charge in [0, 0.05) is 38.8 Å². The number of piperazine rings is 1. The molecule has 0 aliphatic carbocycles. The first-order valence-corrected chi connectivity index (χ1v) is 6.72. The summed E-state index contributed by atoms with van der Waals surface area (Å²) >= 11 is 0. The van der Waals surface area contributed by atoms with Gasteiger partial charge in [-0.3, -0.25) is 0 Å². The lowest BCUT2D eigenvalue weighted by Gasteiger charge is -2.34. The molecule has 98 valence electrons. The molecule has 0 bridgehead atoms. The Balaban J connectivity index is 0.00000225. The highest BCUT2D eigenvalue weighted by Crippen LogP contribution is 2.12. The van der Waals surface area contributed by atoms with Gasteiger partial charge in [-0.25, -0.2) is 0 Å². The molecule has 0 saturated carbocycles. The molecule has 0 aromatic heterocycles. The first-order chi connectivity index (χ1) is 6.85. The van der Waals surface area contributed by atoms with Crippen LogP contribution in [0.25, 0.3) is 0 Å². The largest absolute Gasteiger partial charge is 0.312 e. The van der Waals surface area contributed by atoms with Gasteiger partial charge >= 0.3 is 0 Å². The van der Waals surface area contributed by atoms with E-state index in [9.17, 15) is 8.42 Å². The van der Waals surface area contributed by atoms with E-state index in [-0.39, 0.29) is 24.5 Å². The summed E-state index contributed by atoms with van der Waals surface area (Å²) in [7, 11) is -1.64. The fraction of sp³-hybridized carbons (Fsp3) is 1.00. The van der Waals surface area contributed by atoms with E-state index in [2.05, 4.69) is 5.32 Å². The van der Waals surface area contributed by atoms with Crippen molar-refractivity contribution in [1.82, 2.24) is 13.9 Å². The van der Waals surface area contributed by atoms with Gasteiger partial charge in [0.05, 0.1) is 0 Å². The smallest absolute Gasteiger partial charge is 0.282 e. The second-order valence-corrected chi connectivity index (χ2v) is 6.32. The third kappa shape index (κ3) is 3.56. The maximum atomic E-state index is 12.1. The molecular formula is C9H22ClN3O2S. The lowest BCUT2D eigenvalue weighted by molar-refractivity contribution is 0.279. The highest BCUT2D eigenvalue weighted by atomic mass is 35.5. The molecule has 1 atom stereocenters. The molecular weight excluding hydrogens is 250 g/mol. The summed E-state index contributed by atoms with van der Waals surface area (Å²) in [4.78, 5) is 0. The van der Waals surface area contributed by atoms with Crippen LogP contribution in [0.3, 0.4) is 0 Å². The number of nitrogens with zero attached hydrogens (tertiary/aromatic N) is 2. The van der Waals surface area contributed by atoms with Crippen molar-refractivity contribution in [2.24, 2.45) is 0 Å². The molecule has 1 heterocycles. The van der Waals surface area contributed by atoms with Crippen molar-refractivity contribution < 1.29 is 8.42 Å². The van der Waals surface area contributed by atoms with E-state index < -0.39 is 10.2 Å². The Morgan fingerprint density at radius 2 is 2.00 bits per heavy atom. The average Bonchev–Trinajstić information content (AvgIpc) is 2.16. The van der Waals surface area contributed by atoms with Gasteiger partial charge in [0.15, 0.2) is 0 Å². The van der Waals surface area contributed by atoms with E-state index in [4.69, 9.17) is 0 Å². The SMILES string of the molecule is CC1CN(S(=O)(=O)N(C)C(C)C)CCN1.Cl. The molecule has 7 heteroatoms. The quantitative estimate of drug-likeness (QED) is 0.803. The Kier molecular flexibility index (Phi) is 6.21. The van der Waals surface area contributed by atoms with E-state index in [1.165, 1.54) is 4.31 Å². The summed E-state index contributed by atoms with van der Waals surface area (Å²) in [5, 5.41) is 3.23. The molecule has 16 heavy (non-hydrogen) atoms. The lowest BCUT2D eigenvalue weighted by atomic mass is 10.3. The van der Waals surface area contributed by atoms with Gasteiger partial charge in [-0.2, -0.15) is 17.0 Å². The molecule has 0 radical (unpaired) electrons. The van der Waals surface area contributed by atoms with Crippen LogP contribution in [0.5, 0.6) is 0 Å². The fourth-order valence-electron chi connectivity index (χ4n) is 1.56. The van der Waals surface area contributed by atoms with Gasteiger partial charge in [0.1, 0.15) is 0 Å². The number of hydrogen-bond donors (Lipinski definition) is 1. The fourth-order valence-corrected chi connectivity index (χ4v) is 3.19. The van der Waals surface area contributed by atoms with Crippen molar-refractivity contribution in [2.75, 3.05) is 26.7 Å². The van der Waals surface area contributed by atoms with Gasteiger partial charge in [-0.05, 0) is 20.8 Å². The van der Waals surface area contributed by atoms with Crippen LogP contribution >= 0.6 is 12.4 Å². The van der Waals surface area contributed by atoms with Gasteiger partial charge in [-0.1, -0.05) is 0 Å². The van der Waals surface area contributed by atoms with Crippen molar-refractivity contribution in [3.63, 3.8) is 0 Å². The predicted octanol–water partition coefficient (Wildman–Crippen LogP) is 0.287. The van der Waals surface area contributed by atoms with E-state index in [1.807, 2.05) is 20.8 Å². The zero-order valence-corrected chi connectivity index (χ0v) is 11.9. The van der Waals surface area contributed by atoms with Crippen molar-refractivity contribution in [1.29, 1.82) is 0 Å². The zero-order chi connectivity index (χ0) is 11.6. The second kappa shape index (κ2) is 6.16. The molecule has 1 saturated heterocycles. The molecule has 1 unspecified atom stereocenters. The first kappa shape index (κ1) is 16.1. The number of nitrogens with one attached hydrogen (secondary N) is 1. The third-order valence-electron chi connectivity index (χ3n) is 2.75. The Hall–Kier alpha value is 0.120. The van der Waals surface area contributed by atoms with Gasteiger partial charge in [0.2, 0.25) is 0 Å². The summed E-state index contributed by atoms with van der Waals surface area (Å²) in [5.74, 6) is 0. The third-order valence-corrected chi connectivity index (χ3v) is 4.88. The molecule has 5 nitrogen and oxygen atoms in total. The van der Waals surface area contributed by atoms with Crippen molar-refractivity contribution in [3.8, 4) is 0 Å². The van der Waals surface area contributed by atoms with Gasteiger partial charge < -0.3 is 5.32 Å². The number of halogens is 1. The van der Waals surface area contributed by atoms with Crippen LogP contribution in [0.1, 0.15) is 20.8 Å². The minimum atomic E-state index is -3.27. The molecule has 1 aliphatic rings. The Bertz CT molecular complexity index is 308. The molecule has 0 aromatic rings. The topological polar surface area (TPSA) is 52.7 Å². The number of rotatable bonds is 3. The van der Waals surface area contributed by atoms with Crippen molar-refractivity contribution in [2.45, 2.75) is 32.9 Å². The van der Waals surface area contributed by atoms with Crippen LogP contribution in [0, 0.1) is 0 Å². The normalized spacial score (nSPS) is 23.5. The minimum absolute atomic E-state index is 0. The second-order valence-electron chi connectivity index (χ2n) is 4.33. The molecule has 1 fully saturated rings. The molecule has 0 amide bonds. The Labute approximate surface area is 105 Å². The van der Waals surface area contributed by atoms with E-state index in [0.29, 0.717) is 13.1 Å². The summed E-state index contributed by atoms with van der Waals surface area (Å²) in [6, 6.07) is 0.231. The van der Waals surface area contributed by atoms with Gasteiger partial charge in [-0.15, -0.1) is 12.4 Å². The molecule has 1 rings (SSSR count). The van der Waals surface area contributed by atoms with Crippen LogP contribution in [0.15, 0.2) is 0 Å². The standard InChI is InChI=1S/C9H21N3O2S.ClH/c1-8(2)11(4)15(13,14)12-6-5-10-9(3)7-12;/h8-10H,5-7H2,1-4H3;1H. The van der Waals surface area contributed by atoms with Crippen LogP contribution in [-0.4, -0.2) is 55.8 Å². The summed E-state index contributed by atoms with van der Waals surface area (Å²) in [6.45, 7) is 7.60. The van der Waals surface area contributed by atoms with E-state index >= 15 is 0 Å². The highest BCUT2D eigenvalue weighted by molar-refractivity contribution is 7.86. The van der Waals surface area contributed by atoms with Crippen LogP contribution < -0.4 is 5.32 Å². The lowest BCUT2D eigenvalue weighted by Crippen LogP contribution is -2.55. The van der Waals surface area contributed by atoms with Crippen LogP contribution in [0.4, 0.5) is 0 Å².